The van der Waals surface area contributed by atoms with E-state index in [2.05, 4.69) is 10.3 Å². The molecule has 1 amide bonds. The molecule has 2 aromatic carbocycles. The predicted octanol–water partition coefficient (Wildman–Crippen LogP) is 3.19. The number of hydrogen-bond acceptors (Lipinski definition) is 4. The van der Waals surface area contributed by atoms with Crippen LogP contribution >= 0.6 is 0 Å². The van der Waals surface area contributed by atoms with Gasteiger partial charge in [-0.15, -0.1) is 0 Å². The molecule has 1 N–H and O–H groups in total. The van der Waals surface area contributed by atoms with Crippen LogP contribution in [-0.2, 0) is 11.3 Å². The lowest BCUT2D eigenvalue weighted by Gasteiger charge is -2.15. The standard InChI is InChI=1S/C22H23N3O3/c1-3-28-19-11-9-18(10-12-19)20-13-22(27)25(15-23-20)14-21(26)24-16(2)17-7-5-4-6-8-17/h4-13,15-16H,3,14H2,1-2H3,(H,24,26)/t16-/m1/s1. The molecule has 0 aliphatic rings. The second-order valence-corrected chi connectivity index (χ2v) is 6.40. The third kappa shape index (κ3) is 4.85. The number of nitrogens with zero attached hydrogens (tertiary/aromatic N) is 2. The Morgan fingerprint density at radius 3 is 2.50 bits per heavy atom. The van der Waals surface area contributed by atoms with Gasteiger partial charge >= 0.3 is 0 Å². The Hall–Kier alpha value is -3.41. The second-order valence-electron chi connectivity index (χ2n) is 6.40. The smallest absolute Gasteiger partial charge is 0.254 e. The van der Waals surface area contributed by atoms with Gasteiger partial charge in [0.2, 0.25) is 5.91 Å². The topological polar surface area (TPSA) is 73.2 Å². The van der Waals surface area contributed by atoms with Gasteiger partial charge in [0, 0.05) is 11.6 Å². The average molecular weight is 377 g/mol. The molecule has 0 radical (unpaired) electrons. The fourth-order valence-corrected chi connectivity index (χ4v) is 2.86. The normalized spacial score (nSPS) is 11.6. The lowest BCUT2D eigenvalue weighted by Crippen LogP contribution is -2.33. The van der Waals surface area contributed by atoms with Crippen molar-refractivity contribution in [3.63, 3.8) is 0 Å². The summed E-state index contributed by atoms with van der Waals surface area (Å²) in [6.45, 7) is 4.35. The van der Waals surface area contributed by atoms with Crippen LogP contribution in [0.2, 0.25) is 0 Å². The summed E-state index contributed by atoms with van der Waals surface area (Å²) in [4.78, 5) is 29.0. The molecular weight excluding hydrogens is 354 g/mol. The van der Waals surface area contributed by atoms with Gasteiger partial charge < -0.3 is 10.1 Å². The fourth-order valence-electron chi connectivity index (χ4n) is 2.86. The largest absolute Gasteiger partial charge is 0.494 e. The summed E-state index contributed by atoms with van der Waals surface area (Å²) in [6, 6.07) is 18.3. The number of rotatable bonds is 7. The molecule has 1 atom stereocenters. The lowest BCUT2D eigenvalue weighted by molar-refractivity contribution is -0.122. The molecule has 0 bridgehead atoms. The summed E-state index contributed by atoms with van der Waals surface area (Å²) >= 11 is 0. The van der Waals surface area contributed by atoms with Crippen molar-refractivity contribution in [2.45, 2.75) is 26.4 Å². The van der Waals surface area contributed by atoms with Crippen LogP contribution in [0, 0.1) is 0 Å². The first-order valence-electron chi connectivity index (χ1n) is 9.21. The van der Waals surface area contributed by atoms with Crippen molar-refractivity contribution >= 4 is 5.91 Å². The van der Waals surface area contributed by atoms with E-state index in [0.29, 0.717) is 12.3 Å². The molecule has 3 rings (SSSR count). The number of benzene rings is 2. The Balaban J connectivity index is 1.67. The van der Waals surface area contributed by atoms with Gasteiger partial charge in [-0.2, -0.15) is 0 Å². The van der Waals surface area contributed by atoms with Crippen molar-refractivity contribution in [1.29, 1.82) is 0 Å². The van der Waals surface area contributed by atoms with Crippen LogP contribution in [0.3, 0.4) is 0 Å². The van der Waals surface area contributed by atoms with Gasteiger partial charge in [-0.1, -0.05) is 30.3 Å². The van der Waals surface area contributed by atoms with E-state index in [1.807, 2.05) is 68.4 Å². The Labute approximate surface area is 163 Å². The molecule has 0 saturated heterocycles. The second kappa shape index (κ2) is 8.99. The molecule has 144 valence electrons. The summed E-state index contributed by atoms with van der Waals surface area (Å²) in [5.41, 5.74) is 2.10. The zero-order valence-corrected chi connectivity index (χ0v) is 16.0. The van der Waals surface area contributed by atoms with Gasteiger partial charge in [-0.3, -0.25) is 14.2 Å². The molecule has 0 spiro atoms. The van der Waals surface area contributed by atoms with E-state index in [-0.39, 0.29) is 24.1 Å². The van der Waals surface area contributed by atoms with Crippen LogP contribution in [-0.4, -0.2) is 22.1 Å². The first kappa shape index (κ1) is 19.4. The predicted molar refractivity (Wildman–Crippen MR) is 108 cm³/mol. The zero-order chi connectivity index (χ0) is 19.9. The highest BCUT2D eigenvalue weighted by Crippen LogP contribution is 2.19. The maximum absolute atomic E-state index is 12.4. The zero-order valence-electron chi connectivity index (χ0n) is 16.0. The number of carbonyl (C=O) groups excluding carboxylic acids is 1. The first-order valence-corrected chi connectivity index (χ1v) is 9.21. The Kier molecular flexibility index (Phi) is 6.22. The van der Waals surface area contributed by atoms with E-state index < -0.39 is 0 Å². The minimum absolute atomic E-state index is 0.0768. The lowest BCUT2D eigenvalue weighted by atomic mass is 10.1. The summed E-state index contributed by atoms with van der Waals surface area (Å²) in [7, 11) is 0. The summed E-state index contributed by atoms with van der Waals surface area (Å²) in [6.07, 6.45) is 1.40. The van der Waals surface area contributed by atoms with E-state index in [1.54, 1.807) is 0 Å². The molecule has 3 aromatic rings. The van der Waals surface area contributed by atoms with Crippen molar-refractivity contribution in [3.05, 3.63) is 82.9 Å². The Morgan fingerprint density at radius 2 is 1.86 bits per heavy atom. The van der Waals surface area contributed by atoms with Crippen molar-refractivity contribution in [2.75, 3.05) is 6.61 Å². The van der Waals surface area contributed by atoms with Crippen LogP contribution in [0.1, 0.15) is 25.5 Å². The van der Waals surface area contributed by atoms with E-state index in [4.69, 9.17) is 4.74 Å². The van der Waals surface area contributed by atoms with Gasteiger partial charge in [-0.05, 0) is 43.7 Å². The highest BCUT2D eigenvalue weighted by Gasteiger charge is 2.11. The molecule has 0 aliphatic carbocycles. The Bertz CT molecular complexity index is 982. The first-order chi connectivity index (χ1) is 13.6. The maximum Gasteiger partial charge on any atom is 0.254 e. The molecule has 0 aliphatic heterocycles. The maximum atomic E-state index is 12.4. The van der Waals surface area contributed by atoms with Crippen molar-refractivity contribution in [2.24, 2.45) is 0 Å². The fraction of sp³-hybridized carbons (Fsp3) is 0.227. The van der Waals surface area contributed by atoms with Crippen molar-refractivity contribution in [1.82, 2.24) is 14.9 Å². The molecule has 6 heteroatoms. The molecule has 0 saturated carbocycles. The van der Waals surface area contributed by atoms with E-state index in [9.17, 15) is 9.59 Å². The molecule has 1 heterocycles. The monoisotopic (exact) mass is 377 g/mol. The minimum Gasteiger partial charge on any atom is -0.494 e. The van der Waals surface area contributed by atoms with Crippen LogP contribution in [0.4, 0.5) is 0 Å². The Morgan fingerprint density at radius 1 is 1.14 bits per heavy atom. The molecule has 1 aromatic heterocycles. The SMILES string of the molecule is CCOc1ccc(-c2cc(=O)n(CC(=O)N[C@H](C)c3ccccc3)cn2)cc1. The molecule has 6 nitrogen and oxygen atoms in total. The van der Waals surface area contributed by atoms with E-state index in [1.165, 1.54) is 17.0 Å². The van der Waals surface area contributed by atoms with Crippen LogP contribution in [0.5, 0.6) is 5.75 Å². The third-order valence-electron chi connectivity index (χ3n) is 4.33. The van der Waals surface area contributed by atoms with E-state index >= 15 is 0 Å². The molecule has 0 unspecified atom stereocenters. The molecular formula is C22H23N3O3. The van der Waals surface area contributed by atoms with Crippen molar-refractivity contribution in [3.8, 4) is 17.0 Å². The van der Waals surface area contributed by atoms with Crippen molar-refractivity contribution < 1.29 is 9.53 Å². The number of aromatic nitrogens is 2. The molecule has 0 fully saturated rings. The summed E-state index contributed by atoms with van der Waals surface area (Å²) in [5, 5.41) is 2.90. The van der Waals surface area contributed by atoms with Gasteiger partial charge in [-0.25, -0.2) is 4.98 Å². The third-order valence-corrected chi connectivity index (χ3v) is 4.33. The van der Waals surface area contributed by atoms with Gasteiger partial charge in [0.15, 0.2) is 0 Å². The van der Waals surface area contributed by atoms with Crippen LogP contribution in [0.15, 0.2) is 71.8 Å². The average Bonchev–Trinajstić information content (AvgIpc) is 2.71. The van der Waals surface area contributed by atoms with Crippen LogP contribution < -0.4 is 15.6 Å². The summed E-state index contributed by atoms with van der Waals surface area (Å²) < 4.78 is 6.71. The van der Waals surface area contributed by atoms with Crippen LogP contribution in [0.25, 0.3) is 11.3 Å². The number of hydrogen-bond donors (Lipinski definition) is 1. The summed E-state index contributed by atoms with van der Waals surface area (Å²) in [5.74, 6) is 0.526. The highest BCUT2D eigenvalue weighted by atomic mass is 16.5. The highest BCUT2D eigenvalue weighted by molar-refractivity contribution is 5.76. The van der Waals surface area contributed by atoms with Gasteiger partial charge in [0.25, 0.3) is 5.56 Å². The number of carbonyl (C=O) groups is 1. The number of nitrogens with one attached hydrogen (secondary N) is 1. The minimum atomic E-state index is -0.276. The van der Waals surface area contributed by atoms with E-state index in [0.717, 1.165) is 16.9 Å². The number of amides is 1. The quantitative estimate of drug-likeness (QED) is 0.686. The van der Waals surface area contributed by atoms with Gasteiger partial charge in [0.1, 0.15) is 12.3 Å². The molecule has 28 heavy (non-hydrogen) atoms. The van der Waals surface area contributed by atoms with Gasteiger partial charge in [0.05, 0.1) is 24.7 Å². The number of ether oxygens (including phenoxy) is 1.